The van der Waals surface area contributed by atoms with Gasteiger partial charge in [-0.15, -0.1) is 11.3 Å². The molecular weight excluding hydrogens is 296 g/mol. The first-order valence-electron chi connectivity index (χ1n) is 6.36. The van der Waals surface area contributed by atoms with Gasteiger partial charge in [0.05, 0.1) is 3.79 Å². The highest BCUT2D eigenvalue weighted by atomic mass is 79.9. The van der Waals surface area contributed by atoms with Gasteiger partial charge in [0, 0.05) is 6.54 Å². The van der Waals surface area contributed by atoms with Gasteiger partial charge in [0.25, 0.3) is 0 Å². The summed E-state index contributed by atoms with van der Waals surface area (Å²) in [5.74, 6) is 0.938. The Kier molecular flexibility index (Phi) is 5.48. The molecule has 1 aliphatic heterocycles. The zero-order chi connectivity index (χ0) is 12.1. The fourth-order valence-corrected chi connectivity index (χ4v) is 3.59. The molecule has 1 saturated heterocycles. The number of nitrogens with one attached hydrogen (secondary N) is 1. The van der Waals surface area contributed by atoms with E-state index in [9.17, 15) is 0 Å². The van der Waals surface area contributed by atoms with Crippen molar-refractivity contribution in [3.05, 3.63) is 20.8 Å². The van der Waals surface area contributed by atoms with E-state index in [2.05, 4.69) is 44.6 Å². The molecule has 17 heavy (non-hydrogen) atoms. The Balaban J connectivity index is 1.68. The van der Waals surface area contributed by atoms with Crippen LogP contribution in [0.1, 0.15) is 24.8 Å². The molecule has 0 saturated carbocycles. The van der Waals surface area contributed by atoms with Crippen molar-refractivity contribution in [1.29, 1.82) is 0 Å². The Morgan fingerprint density at radius 3 is 2.88 bits per heavy atom. The molecule has 2 heterocycles. The lowest BCUT2D eigenvalue weighted by Crippen LogP contribution is -2.30. The summed E-state index contributed by atoms with van der Waals surface area (Å²) in [5, 5.41) is 5.67. The molecule has 1 fully saturated rings. The van der Waals surface area contributed by atoms with Crippen molar-refractivity contribution in [2.24, 2.45) is 5.92 Å². The second kappa shape index (κ2) is 6.88. The maximum Gasteiger partial charge on any atom is 0.0701 e. The third-order valence-corrected chi connectivity index (χ3v) is 5.01. The Morgan fingerprint density at radius 2 is 2.24 bits per heavy atom. The van der Waals surface area contributed by atoms with E-state index in [-0.39, 0.29) is 0 Å². The summed E-state index contributed by atoms with van der Waals surface area (Å²) in [5.41, 5.74) is 1.43. The maximum absolute atomic E-state index is 3.52. The Hall–Kier alpha value is 0.100. The first-order valence-corrected chi connectivity index (χ1v) is 8.03. The van der Waals surface area contributed by atoms with E-state index in [0.29, 0.717) is 0 Å². The zero-order valence-corrected chi connectivity index (χ0v) is 12.8. The molecule has 0 atom stereocenters. The van der Waals surface area contributed by atoms with E-state index < -0.39 is 0 Å². The van der Waals surface area contributed by atoms with Crippen molar-refractivity contribution < 1.29 is 0 Å². The minimum Gasteiger partial charge on any atom is -0.317 e. The predicted molar refractivity (Wildman–Crippen MR) is 78.6 cm³/mol. The van der Waals surface area contributed by atoms with E-state index >= 15 is 0 Å². The van der Waals surface area contributed by atoms with Crippen molar-refractivity contribution in [1.82, 2.24) is 10.2 Å². The van der Waals surface area contributed by atoms with Crippen LogP contribution in [0.15, 0.2) is 15.2 Å². The van der Waals surface area contributed by atoms with Crippen molar-refractivity contribution >= 4 is 27.3 Å². The molecule has 4 heteroatoms. The smallest absolute Gasteiger partial charge is 0.0701 e. The van der Waals surface area contributed by atoms with Crippen LogP contribution in [0.5, 0.6) is 0 Å². The molecule has 96 valence electrons. The molecule has 1 aromatic rings. The fraction of sp³-hybridized carbons (Fsp3) is 0.692. The second-order valence-electron chi connectivity index (χ2n) is 4.98. The lowest BCUT2D eigenvalue weighted by atomic mass is 9.94. The standard InChI is InChI=1S/C13H21BrN2S/c1-16(9-12-8-13(14)17-10-12)7-4-11-2-5-15-6-3-11/h8,10-11,15H,2-7,9H2,1H3. The van der Waals surface area contributed by atoms with Crippen LogP contribution in [-0.2, 0) is 6.54 Å². The molecule has 0 spiro atoms. The fourth-order valence-electron chi connectivity index (χ4n) is 2.39. The first kappa shape index (κ1) is 13.5. The number of halogens is 1. The van der Waals surface area contributed by atoms with Crippen LogP contribution in [0, 0.1) is 5.92 Å². The monoisotopic (exact) mass is 316 g/mol. The lowest BCUT2D eigenvalue weighted by Gasteiger charge is -2.25. The average molecular weight is 317 g/mol. The molecule has 2 nitrogen and oxygen atoms in total. The highest BCUT2D eigenvalue weighted by Crippen LogP contribution is 2.22. The highest BCUT2D eigenvalue weighted by Gasteiger charge is 2.13. The van der Waals surface area contributed by atoms with Crippen LogP contribution in [0.25, 0.3) is 0 Å². The molecule has 2 rings (SSSR count). The van der Waals surface area contributed by atoms with Gasteiger partial charge in [-0.3, -0.25) is 0 Å². The average Bonchev–Trinajstić information content (AvgIpc) is 2.73. The summed E-state index contributed by atoms with van der Waals surface area (Å²) in [6, 6.07) is 2.23. The molecule has 0 aromatic carbocycles. The SMILES string of the molecule is CN(CCC1CCNCC1)Cc1csc(Br)c1. The molecular formula is C13H21BrN2S. The summed E-state index contributed by atoms with van der Waals surface area (Å²) in [6.45, 7) is 4.73. The summed E-state index contributed by atoms with van der Waals surface area (Å²) in [6.07, 6.45) is 4.07. The molecule has 1 aromatic heterocycles. The summed E-state index contributed by atoms with van der Waals surface area (Å²) in [4.78, 5) is 2.44. The van der Waals surface area contributed by atoms with Gasteiger partial charge in [0.2, 0.25) is 0 Å². The Morgan fingerprint density at radius 1 is 1.47 bits per heavy atom. The Bertz CT molecular complexity index is 334. The number of hydrogen-bond acceptors (Lipinski definition) is 3. The van der Waals surface area contributed by atoms with Crippen LogP contribution in [0.3, 0.4) is 0 Å². The van der Waals surface area contributed by atoms with Gasteiger partial charge < -0.3 is 10.2 Å². The normalized spacial score (nSPS) is 17.8. The van der Waals surface area contributed by atoms with Crippen molar-refractivity contribution in [3.63, 3.8) is 0 Å². The van der Waals surface area contributed by atoms with Gasteiger partial charge in [-0.05, 0) is 84.8 Å². The minimum absolute atomic E-state index is 0.938. The Labute approximate surface area is 117 Å². The van der Waals surface area contributed by atoms with Gasteiger partial charge in [-0.2, -0.15) is 0 Å². The molecule has 0 unspecified atom stereocenters. The van der Waals surface area contributed by atoms with Crippen LogP contribution in [-0.4, -0.2) is 31.6 Å². The number of hydrogen-bond donors (Lipinski definition) is 1. The topological polar surface area (TPSA) is 15.3 Å². The van der Waals surface area contributed by atoms with E-state index in [4.69, 9.17) is 0 Å². The van der Waals surface area contributed by atoms with Crippen LogP contribution < -0.4 is 5.32 Å². The number of piperidine rings is 1. The van der Waals surface area contributed by atoms with E-state index in [1.54, 1.807) is 11.3 Å². The predicted octanol–water partition coefficient (Wildman–Crippen LogP) is 3.33. The van der Waals surface area contributed by atoms with Gasteiger partial charge >= 0.3 is 0 Å². The van der Waals surface area contributed by atoms with Crippen LogP contribution >= 0.6 is 27.3 Å². The van der Waals surface area contributed by atoms with Gasteiger partial charge in [-0.1, -0.05) is 0 Å². The van der Waals surface area contributed by atoms with E-state index in [1.165, 1.54) is 48.2 Å². The second-order valence-corrected chi connectivity index (χ2v) is 7.27. The van der Waals surface area contributed by atoms with Crippen LogP contribution in [0.2, 0.25) is 0 Å². The van der Waals surface area contributed by atoms with Gasteiger partial charge in [-0.25, -0.2) is 0 Å². The molecule has 0 bridgehead atoms. The number of thiophene rings is 1. The summed E-state index contributed by atoms with van der Waals surface area (Å²) >= 11 is 5.29. The minimum atomic E-state index is 0.938. The first-order chi connectivity index (χ1) is 8.24. The maximum atomic E-state index is 3.52. The van der Waals surface area contributed by atoms with Gasteiger partial charge in [0.15, 0.2) is 0 Å². The summed E-state index contributed by atoms with van der Waals surface area (Å²) in [7, 11) is 2.23. The zero-order valence-electron chi connectivity index (χ0n) is 10.4. The molecule has 0 amide bonds. The van der Waals surface area contributed by atoms with E-state index in [1.807, 2.05) is 0 Å². The molecule has 1 N–H and O–H groups in total. The quantitative estimate of drug-likeness (QED) is 0.896. The largest absolute Gasteiger partial charge is 0.317 e. The number of nitrogens with zero attached hydrogens (tertiary/aromatic N) is 1. The van der Waals surface area contributed by atoms with Crippen molar-refractivity contribution in [3.8, 4) is 0 Å². The summed E-state index contributed by atoms with van der Waals surface area (Å²) < 4.78 is 1.24. The number of rotatable bonds is 5. The third-order valence-electron chi connectivity index (χ3n) is 3.45. The molecule has 0 radical (unpaired) electrons. The van der Waals surface area contributed by atoms with Gasteiger partial charge in [0.1, 0.15) is 0 Å². The van der Waals surface area contributed by atoms with Crippen molar-refractivity contribution in [2.75, 3.05) is 26.7 Å². The van der Waals surface area contributed by atoms with Crippen molar-refractivity contribution in [2.45, 2.75) is 25.8 Å². The molecule has 1 aliphatic rings. The lowest BCUT2D eigenvalue weighted by molar-refractivity contribution is 0.266. The van der Waals surface area contributed by atoms with Crippen LogP contribution in [0.4, 0.5) is 0 Å². The highest BCUT2D eigenvalue weighted by molar-refractivity contribution is 9.11. The van der Waals surface area contributed by atoms with E-state index in [0.717, 1.165) is 12.5 Å². The molecule has 0 aliphatic carbocycles. The third kappa shape index (κ3) is 4.70.